The SMILES string of the molecule is O=C(NC(c1ccccn1)C1CC(O)C1)c1cnc(Nc2ccccc2)nc1. The zero-order chi connectivity index (χ0) is 19.3. The van der Waals surface area contributed by atoms with Gasteiger partial charge in [0, 0.05) is 24.3 Å². The van der Waals surface area contributed by atoms with Gasteiger partial charge in [-0.25, -0.2) is 9.97 Å². The van der Waals surface area contributed by atoms with Gasteiger partial charge >= 0.3 is 0 Å². The Balaban J connectivity index is 1.45. The van der Waals surface area contributed by atoms with Gasteiger partial charge in [-0.15, -0.1) is 0 Å². The zero-order valence-electron chi connectivity index (χ0n) is 15.2. The third-order valence-corrected chi connectivity index (χ3v) is 4.86. The number of aliphatic hydroxyl groups is 1. The first-order valence-electron chi connectivity index (χ1n) is 9.23. The van der Waals surface area contributed by atoms with Crippen LogP contribution in [-0.4, -0.2) is 32.1 Å². The number of pyridine rings is 1. The van der Waals surface area contributed by atoms with Gasteiger partial charge in [0.05, 0.1) is 23.4 Å². The van der Waals surface area contributed by atoms with Gasteiger partial charge in [-0.3, -0.25) is 9.78 Å². The van der Waals surface area contributed by atoms with Crippen molar-refractivity contribution in [3.8, 4) is 0 Å². The summed E-state index contributed by atoms with van der Waals surface area (Å²) in [7, 11) is 0. The molecule has 7 heteroatoms. The predicted octanol–water partition coefficient (Wildman–Crippen LogP) is 2.86. The molecule has 0 bridgehead atoms. The molecule has 1 aliphatic rings. The van der Waals surface area contributed by atoms with E-state index >= 15 is 0 Å². The molecule has 1 unspecified atom stereocenters. The number of rotatable bonds is 6. The fourth-order valence-electron chi connectivity index (χ4n) is 3.28. The minimum atomic E-state index is -0.306. The predicted molar refractivity (Wildman–Crippen MR) is 105 cm³/mol. The molecule has 1 aliphatic carbocycles. The van der Waals surface area contributed by atoms with Crippen molar-refractivity contribution >= 4 is 17.5 Å². The number of hydrogen-bond donors (Lipinski definition) is 3. The summed E-state index contributed by atoms with van der Waals surface area (Å²) in [6, 6.07) is 15.0. The van der Waals surface area contributed by atoms with E-state index in [9.17, 15) is 9.90 Å². The van der Waals surface area contributed by atoms with Crippen molar-refractivity contribution < 1.29 is 9.90 Å². The summed E-state index contributed by atoms with van der Waals surface area (Å²) in [6.45, 7) is 0. The number of hydrogen-bond acceptors (Lipinski definition) is 6. The Hall–Kier alpha value is -3.32. The number of amides is 1. The van der Waals surface area contributed by atoms with Crippen LogP contribution >= 0.6 is 0 Å². The molecule has 1 saturated carbocycles. The monoisotopic (exact) mass is 375 g/mol. The molecule has 1 fully saturated rings. The number of aromatic nitrogens is 3. The molecule has 0 aliphatic heterocycles. The van der Waals surface area contributed by atoms with Gasteiger partial charge in [-0.05, 0) is 43.0 Å². The summed E-state index contributed by atoms with van der Waals surface area (Å²) in [4.78, 5) is 25.6. The number of aliphatic hydroxyl groups excluding tert-OH is 1. The number of anilines is 2. The van der Waals surface area contributed by atoms with Crippen molar-refractivity contribution in [2.24, 2.45) is 5.92 Å². The van der Waals surface area contributed by atoms with Crippen LogP contribution in [0.2, 0.25) is 0 Å². The largest absolute Gasteiger partial charge is 0.393 e. The highest BCUT2D eigenvalue weighted by Crippen LogP contribution is 2.37. The first-order valence-corrected chi connectivity index (χ1v) is 9.23. The van der Waals surface area contributed by atoms with Crippen LogP contribution < -0.4 is 10.6 Å². The van der Waals surface area contributed by atoms with Crippen LogP contribution in [0, 0.1) is 5.92 Å². The summed E-state index contributed by atoms with van der Waals surface area (Å²) in [5.41, 5.74) is 2.04. The van der Waals surface area contributed by atoms with E-state index in [4.69, 9.17) is 0 Å². The molecule has 0 saturated heterocycles. The van der Waals surface area contributed by atoms with Gasteiger partial charge in [-0.1, -0.05) is 24.3 Å². The van der Waals surface area contributed by atoms with Crippen LogP contribution in [0.4, 0.5) is 11.6 Å². The maximum atomic E-state index is 12.7. The molecular formula is C21H21N5O2. The normalized spacial score (nSPS) is 19.3. The maximum Gasteiger partial charge on any atom is 0.254 e. The Morgan fingerprint density at radius 3 is 2.36 bits per heavy atom. The molecule has 3 aromatic rings. The lowest BCUT2D eigenvalue weighted by Crippen LogP contribution is -2.41. The lowest BCUT2D eigenvalue weighted by atomic mass is 9.76. The lowest BCUT2D eigenvalue weighted by Gasteiger charge is -2.37. The van der Waals surface area contributed by atoms with Crippen molar-refractivity contribution in [3.05, 3.63) is 78.4 Å². The first-order chi connectivity index (χ1) is 13.7. The number of carbonyl (C=O) groups is 1. The third kappa shape index (κ3) is 4.15. The minimum Gasteiger partial charge on any atom is -0.393 e. The zero-order valence-corrected chi connectivity index (χ0v) is 15.2. The van der Waals surface area contributed by atoms with Crippen LogP contribution in [0.25, 0.3) is 0 Å². The van der Waals surface area contributed by atoms with Gasteiger partial charge in [0.15, 0.2) is 0 Å². The summed E-state index contributed by atoms with van der Waals surface area (Å²) >= 11 is 0. The molecule has 0 spiro atoms. The smallest absolute Gasteiger partial charge is 0.254 e. The second kappa shape index (κ2) is 8.14. The van der Waals surface area contributed by atoms with Crippen LogP contribution in [-0.2, 0) is 0 Å². The molecule has 0 radical (unpaired) electrons. The van der Waals surface area contributed by atoms with E-state index in [0.717, 1.165) is 11.4 Å². The number of benzene rings is 1. The number of para-hydroxylation sites is 1. The quantitative estimate of drug-likeness (QED) is 0.613. The highest BCUT2D eigenvalue weighted by atomic mass is 16.3. The first kappa shape index (κ1) is 18.1. The highest BCUT2D eigenvalue weighted by molar-refractivity contribution is 5.94. The Morgan fingerprint density at radius 2 is 1.71 bits per heavy atom. The Labute approximate surface area is 162 Å². The van der Waals surface area contributed by atoms with Crippen molar-refractivity contribution in [1.29, 1.82) is 0 Å². The molecule has 2 heterocycles. The molecule has 3 N–H and O–H groups in total. The highest BCUT2D eigenvalue weighted by Gasteiger charge is 2.36. The molecule has 1 atom stereocenters. The summed E-state index contributed by atoms with van der Waals surface area (Å²) < 4.78 is 0. The fraction of sp³-hybridized carbons (Fsp3) is 0.238. The third-order valence-electron chi connectivity index (χ3n) is 4.86. The second-order valence-corrected chi connectivity index (χ2v) is 6.88. The van der Waals surface area contributed by atoms with Crippen LogP contribution in [0.15, 0.2) is 67.1 Å². The summed E-state index contributed by atoms with van der Waals surface area (Å²) in [5, 5.41) is 15.8. The molecule has 4 rings (SSSR count). The van der Waals surface area contributed by atoms with Crippen LogP contribution in [0.3, 0.4) is 0 Å². The van der Waals surface area contributed by atoms with E-state index in [1.54, 1.807) is 6.20 Å². The van der Waals surface area contributed by atoms with E-state index in [2.05, 4.69) is 25.6 Å². The second-order valence-electron chi connectivity index (χ2n) is 6.88. The number of nitrogens with zero attached hydrogens (tertiary/aromatic N) is 3. The topological polar surface area (TPSA) is 100 Å². The van der Waals surface area contributed by atoms with Crippen molar-refractivity contribution in [3.63, 3.8) is 0 Å². The molecule has 1 amide bonds. The average Bonchev–Trinajstić information content (AvgIpc) is 2.72. The summed E-state index contributed by atoms with van der Waals surface area (Å²) in [6.07, 6.45) is 5.70. The van der Waals surface area contributed by atoms with Gasteiger partial charge in [0.2, 0.25) is 5.95 Å². The van der Waals surface area contributed by atoms with Crippen molar-refractivity contribution in [2.45, 2.75) is 25.0 Å². The van der Waals surface area contributed by atoms with Crippen LogP contribution in [0.5, 0.6) is 0 Å². The standard InChI is InChI=1S/C21H21N5O2/c27-17-10-14(11-17)19(18-8-4-5-9-22-18)26-20(28)15-12-23-21(24-13-15)25-16-6-2-1-3-7-16/h1-9,12-14,17,19,27H,10-11H2,(H,26,28)(H,23,24,25). The maximum absolute atomic E-state index is 12.7. The molecule has 2 aromatic heterocycles. The fourth-order valence-corrected chi connectivity index (χ4v) is 3.28. The van der Waals surface area contributed by atoms with Gasteiger partial charge < -0.3 is 15.7 Å². The Bertz CT molecular complexity index is 913. The van der Waals surface area contributed by atoms with Gasteiger partial charge in [0.1, 0.15) is 0 Å². The van der Waals surface area contributed by atoms with E-state index in [-0.39, 0.29) is 24.0 Å². The molecule has 28 heavy (non-hydrogen) atoms. The minimum absolute atomic E-state index is 0.161. The summed E-state index contributed by atoms with van der Waals surface area (Å²) in [5.74, 6) is 0.322. The molecule has 1 aromatic carbocycles. The average molecular weight is 375 g/mol. The van der Waals surface area contributed by atoms with E-state index in [1.807, 2.05) is 48.5 Å². The van der Waals surface area contributed by atoms with E-state index < -0.39 is 0 Å². The van der Waals surface area contributed by atoms with Gasteiger partial charge in [-0.2, -0.15) is 0 Å². The van der Waals surface area contributed by atoms with Crippen LogP contribution in [0.1, 0.15) is 34.9 Å². The molecule has 7 nitrogen and oxygen atoms in total. The number of carbonyl (C=O) groups excluding carboxylic acids is 1. The molecular weight excluding hydrogens is 354 g/mol. The van der Waals surface area contributed by atoms with Crippen molar-refractivity contribution in [2.75, 3.05) is 5.32 Å². The van der Waals surface area contributed by atoms with Crippen molar-refractivity contribution in [1.82, 2.24) is 20.3 Å². The van der Waals surface area contributed by atoms with Gasteiger partial charge in [0.25, 0.3) is 5.91 Å². The Kier molecular flexibility index (Phi) is 5.25. The number of nitrogens with one attached hydrogen (secondary N) is 2. The lowest BCUT2D eigenvalue weighted by molar-refractivity contribution is 0.0228. The Morgan fingerprint density at radius 1 is 1.00 bits per heavy atom. The molecule has 142 valence electrons. The van der Waals surface area contributed by atoms with E-state index in [1.165, 1.54) is 12.4 Å². The van der Waals surface area contributed by atoms with E-state index in [0.29, 0.717) is 24.4 Å².